The van der Waals surface area contributed by atoms with Gasteiger partial charge < -0.3 is 9.47 Å². The molecule has 1 unspecified atom stereocenters. The Morgan fingerprint density at radius 1 is 1.37 bits per heavy atom. The first-order valence-corrected chi connectivity index (χ1v) is 7.42. The van der Waals surface area contributed by atoms with Gasteiger partial charge in [0.15, 0.2) is 0 Å². The Labute approximate surface area is 117 Å². The van der Waals surface area contributed by atoms with Crippen molar-refractivity contribution >= 4 is 5.97 Å². The normalized spacial score (nSPS) is 18.4. The van der Waals surface area contributed by atoms with E-state index in [2.05, 4.69) is 19.2 Å². The number of ether oxygens (including phenoxy) is 2. The van der Waals surface area contributed by atoms with Crippen LogP contribution in [0.4, 0.5) is 0 Å². The van der Waals surface area contributed by atoms with Crippen molar-refractivity contribution in [2.24, 2.45) is 5.92 Å². The van der Waals surface area contributed by atoms with E-state index in [4.69, 9.17) is 9.47 Å². The zero-order valence-corrected chi connectivity index (χ0v) is 12.8. The van der Waals surface area contributed by atoms with E-state index in [1.54, 1.807) is 0 Å². The highest BCUT2D eigenvalue weighted by Crippen LogP contribution is 2.26. The maximum Gasteiger partial charge on any atom is 0.325 e. The Bertz CT molecular complexity index is 277. The molecule has 19 heavy (non-hydrogen) atoms. The molecule has 1 saturated carbocycles. The van der Waals surface area contributed by atoms with Crippen LogP contribution in [-0.4, -0.2) is 37.9 Å². The van der Waals surface area contributed by atoms with Crippen molar-refractivity contribution in [1.29, 1.82) is 0 Å². The van der Waals surface area contributed by atoms with Gasteiger partial charge in [-0.2, -0.15) is 0 Å². The molecule has 0 spiro atoms. The lowest BCUT2D eigenvalue weighted by Gasteiger charge is -2.28. The first-order chi connectivity index (χ1) is 8.98. The van der Waals surface area contributed by atoms with Crippen molar-refractivity contribution < 1.29 is 14.3 Å². The van der Waals surface area contributed by atoms with E-state index in [1.807, 2.05) is 6.92 Å². The Balaban J connectivity index is 2.22. The van der Waals surface area contributed by atoms with Crippen molar-refractivity contribution in [2.45, 2.75) is 64.5 Å². The number of rotatable bonds is 10. The number of hydrogen-bond donors (Lipinski definition) is 1. The molecule has 0 aromatic carbocycles. The molecule has 1 fully saturated rings. The molecular formula is C15H29NO3. The molecule has 4 heteroatoms. The Morgan fingerprint density at radius 3 is 2.58 bits per heavy atom. The lowest BCUT2D eigenvalue weighted by molar-refractivity contribution is -0.148. The van der Waals surface area contributed by atoms with E-state index in [-0.39, 0.29) is 5.97 Å². The van der Waals surface area contributed by atoms with Gasteiger partial charge in [-0.15, -0.1) is 0 Å². The monoisotopic (exact) mass is 271 g/mol. The second kappa shape index (κ2) is 7.85. The highest BCUT2D eigenvalue weighted by molar-refractivity contribution is 5.80. The minimum absolute atomic E-state index is 0.150. The molecule has 1 rings (SSSR count). The highest BCUT2D eigenvalue weighted by atomic mass is 16.5. The summed E-state index contributed by atoms with van der Waals surface area (Å²) in [6.45, 7) is 7.83. The van der Waals surface area contributed by atoms with E-state index in [0.29, 0.717) is 12.0 Å². The van der Waals surface area contributed by atoms with Gasteiger partial charge in [0.1, 0.15) is 5.54 Å². The average molecular weight is 271 g/mol. The molecule has 0 radical (unpaired) electrons. The van der Waals surface area contributed by atoms with Gasteiger partial charge in [0.25, 0.3) is 0 Å². The molecule has 0 bridgehead atoms. The topological polar surface area (TPSA) is 47.6 Å². The second-order valence-corrected chi connectivity index (χ2v) is 6.17. The fraction of sp³-hybridized carbons (Fsp3) is 0.933. The highest BCUT2D eigenvalue weighted by Gasteiger charge is 2.38. The largest absolute Gasteiger partial charge is 0.468 e. The molecule has 0 amide bonds. The van der Waals surface area contributed by atoms with Gasteiger partial charge in [-0.1, -0.05) is 13.8 Å². The smallest absolute Gasteiger partial charge is 0.325 e. The summed E-state index contributed by atoms with van der Waals surface area (Å²) in [4.78, 5) is 11.9. The summed E-state index contributed by atoms with van der Waals surface area (Å²) in [6.07, 6.45) is 5.12. The van der Waals surface area contributed by atoms with Gasteiger partial charge in [0.2, 0.25) is 0 Å². The number of esters is 1. The summed E-state index contributed by atoms with van der Waals surface area (Å²) in [5.74, 6) is 0.430. The molecule has 0 aromatic heterocycles. The van der Waals surface area contributed by atoms with Gasteiger partial charge in [-0.05, 0) is 44.9 Å². The van der Waals surface area contributed by atoms with E-state index in [0.717, 1.165) is 32.5 Å². The minimum Gasteiger partial charge on any atom is -0.468 e. The SMILES string of the molecule is COC(=O)C(C)(CCCCOCC(C)C)NC1CC1. The molecule has 0 heterocycles. The van der Waals surface area contributed by atoms with E-state index < -0.39 is 5.54 Å². The van der Waals surface area contributed by atoms with Crippen LogP contribution < -0.4 is 5.32 Å². The molecule has 0 aliphatic heterocycles. The molecule has 4 nitrogen and oxygen atoms in total. The maximum atomic E-state index is 11.9. The average Bonchev–Trinajstić information content (AvgIpc) is 3.15. The lowest BCUT2D eigenvalue weighted by Crippen LogP contribution is -2.51. The first-order valence-electron chi connectivity index (χ1n) is 7.42. The Kier molecular flexibility index (Phi) is 6.80. The van der Waals surface area contributed by atoms with Crippen LogP contribution >= 0.6 is 0 Å². The van der Waals surface area contributed by atoms with Crippen molar-refractivity contribution in [2.75, 3.05) is 20.3 Å². The van der Waals surface area contributed by atoms with Crippen LogP contribution in [0, 0.1) is 5.92 Å². The molecule has 1 N–H and O–H groups in total. The second-order valence-electron chi connectivity index (χ2n) is 6.17. The minimum atomic E-state index is -0.534. The molecule has 1 atom stereocenters. The van der Waals surface area contributed by atoms with Gasteiger partial charge in [0, 0.05) is 19.3 Å². The van der Waals surface area contributed by atoms with E-state index in [9.17, 15) is 4.79 Å². The molecular weight excluding hydrogens is 242 g/mol. The van der Waals surface area contributed by atoms with E-state index in [1.165, 1.54) is 20.0 Å². The number of carbonyl (C=O) groups excluding carboxylic acids is 1. The number of carbonyl (C=O) groups is 1. The van der Waals surface area contributed by atoms with Crippen LogP contribution in [0.25, 0.3) is 0 Å². The molecule has 1 aliphatic rings. The summed E-state index contributed by atoms with van der Waals surface area (Å²) in [7, 11) is 1.46. The van der Waals surface area contributed by atoms with Gasteiger partial charge >= 0.3 is 5.97 Å². The maximum absolute atomic E-state index is 11.9. The van der Waals surface area contributed by atoms with Gasteiger partial charge in [-0.25, -0.2) is 0 Å². The predicted molar refractivity (Wildman–Crippen MR) is 76.1 cm³/mol. The van der Waals surface area contributed by atoms with Crippen LogP contribution in [0.5, 0.6) is 0 Å². The third-order valence-electron chi connectivity index (χ3n) is 3.40. The zero-order chi connectivity index (χ0) is 14.3. The third kappa shape index (κ3) is 6.39. The number of unbranched alkanes of at least 4 members (excludes halogenated alkanes) is 1. The lowest BCUT2D eigenvalue weighted by atomic mass is 9.94. The molecule has 112 valence electrons. The summed E-state index contributed by atoms with van der Waals surface area (Å²) in [5, 5.41) is 3.41. The number of methoxy groups -OCH3 is 1. The molecule has 0 aromatic rings. The van der Waals surface area contributed by atoms with Gasteiger partial charge in [-0.3, -0.25) is 10.1 Å². The first kappa shape index (κ1) is 16.4. The summed E-state index contributed by atoms with van der Waals surface area (Å²) < 4.78 is 10.5. The molecule has 1 aliphatic carbocycles. The summed E-state index contributed by atoms with van der Waals surface area (Å²) >= 11 is 0. The third-order valence-corrected chi connectivity index (χ3v) is 3.40. The van der Waals surface area contributed by atoms with Crippen LogP contribution in [0.1, 0.15) is 52.9 Å². The quantitative estimate of drug-likeness (QED) is 0.490. The van der Waals surface area contributed by atoms with Crippen LogP contribution in [0.3, 0.4) is 0 Å². The van der Waals surface area contributed by atoms with Crippen LogP contribution in [0.15, 0.2) is 0 Å². The van der Waals surface area contributed by atoms with Crippen molar-refractivity contribution in [1.82, 2.24) is 5.32 Å². The van der Waals surface area contributed by atoms with Crippen LogP contribution in [-0.2, 0) is 14.3 Å². The van der Waals surface area contributed by atoms with Crippen molar-refractivity contribution in [3.8, 4) is 0 Å². The van der Waals surface area contributed by atoms with Crippen LogP contribution in [0.2, 0.25) is 0 Å². The summed E-state index contributed by atoms with van der Waals surface area (Å²) in [5.41, 5.74) is -0.534. The zero-order valence-electron chi connectivity index (χ0n) is 12.8. The Hall–Kier alpha value is -0.610. The molecule has 0 saturated heterocycles. The number of nitrogens with one attached hydrogen (secondary N) is 1. The fourth-order valence-corrected chi connectivity index (χ4v) is 2.14. The fourth-order valence-electron chi connectivity index (χ4n) is 2.14. The van der Waals surface area contributed by atoms with Crippen molar-refractivity contribution in [3.63, 3.8) is 0 Å². The number of hydrogen-bond acceptors (Lipinski definition) is 4. The Morgan fingerprint density at radius 2 is 2.05 bits per heavy atom. The van der Waals surface area contributed by atoms with E-state index >= 15 is 0 Å². The standard InChI is InChI=1S/C15H29NO3/c1-12(2)11-19-10-6-5-9-15(3,14(17)18-4)16-13-7-8-13/h12-13,16H,5-11H2,1-4H3. The van der Waals surface area contributed by atoms with Crippen molar-refractivity contribution in [3.05, 3.63) is 0 Å². The predicted octanol–water partition coefficient (Wildman–Crippen LogP) is 2.51. The summed E-state index contributed by atoms with van der Waals surface area (Å²) in [6, 6.07) is 0.501. The van der Waals surface area contributed by atoms with Gasteiger partial charge in [0.05, 0.1) is 7.11 Å².